The molecule has 1 heterocycles. The van der Waals surface area contributed by atoms with Crippen LogP contribution in [0.4, 0.5) is 0 Å². The van der Waals surface area contributed by atoms with Gasteiger partial charge < -0.3 is 4.42 Å². The third-order valence-electron chi connectivity index (χ3n) is 2.31. The first kappa shape index (κ1) is 12.4. The average Bonchev–Trinajstić information content (AvgIpc) is 2.61. The number of ketones is 1. The molecule has 0 radical (unpaired) electrons. The van der Waals surface area contributed by atoms with E-state index in [-0.39, 0.29) is 5.25 Å². The first-order valence-corrected chi connectivity index (χ1v) is 6.30. The van der Waals surface area contributed by atoms with Crippen LogP contribution in [0, 0.1) is 6.92 Å². The number of carbonyl (C=O) groups excluding carboxylic acids is 1. The van der Waals surface area contributed by atoms with Gasteiger partial charge in [0.2, 0.25) is 0 Å². The van der Waals surface area contributed by atoms with Crippen LogP contribution in [-0.2, 0) is 4.79 Å². The zero-order valence-corrected chi connectivity index (χ0v) is 10.4. The predicted molar refractivity (Wildman–Crippen MR) is 63.3 cm³/mol. The second kappa shape index (κ2) is 6.01. The largest absolute Gasteiger partial charge is 0.468 e. The van der Waals surface area contributed by atoms with E-state index in [4.69, 9.17) is 4.42 Å². The van der Waals surface area contributed by atoms with Crippen LogP contribution in [0.2, 0.25) is 0 Å². The fourth-order valence-corrected chi connectivity index (χ4v) is 2.50. The highest BCUT2D eigenvalue weighted by Crippen LogP contribution is 2.30. The van der Waals surface area contributed by atoms with E-state index in [1.54, 1.807) is 18.0 Å². The predicted octanol–water partition coefficient (Wildman–Crippen LogP) is 3.83. The molecule has 0 saturated carbocycles. The lowest BCUT2D eigenvalue weighted by Gasteiger charge is -2.11. The number of hydrogen-bond donors (Lipinski definition) is 0. The van der Waals surface area contributed by atoms with Crippen molar-refractivity contribution < 1.29 is 9.21 Å². The maximum absolute atomic E-state index is 11.8. The van der Waals surface area contributed by atoms with Gasteiger partial charge in [-0.1, -0.05) is 13.8 Å². The lowest BCUT2D eigenvalue weighted by Crippen LogP contribution is -2.15. The van der Waals surface area contributed by atoms with E-state index in [0.29, 0.717) is 12.2 Å². The molecule has 1 aromatic heterocycles. The Bertz CT molecular complexity index is 317. The van der Waals surface area contributed by atoms with E-state index in [0.717, 1.165) is 23.5 Å². The highest BCUT2D eigenvalue weighted by Gasteiger charge is 2.18. The number of carbonyl (C=O) groups is 1. The summed E-state index contributed by atoms with van der Waals surface area (Å²) in [6.07, 6.45) is 4.17. The van der Waals surface area contributed by atoms with E-state index < -0.39 is 0 Å². The Balaban J connectivity index is 2.61. The fourth-order valence-electron chi connectivity index (χ4n) is 1.43. The molecule has 0 N–H and O–H groups in total. The van der Waals surface area contributed by atoms with Crippen LogP contribution in [0.25, 0.3) is 0 Å². The van der Waals surface area contributed by atoms with Crippen LogP contribution in [0.5, 0.6) is 0 Å². The second-order valence-corrected chi connectivity index (χ2v) is 4.82. The van der Waals surface area contributed by atoms with Crippen LogP contribution >= 0.6 is 11.8 Å². The molecule has 0 aromatic carbocycles. The molecule has 2 nitrogen and oxygen atoms in total. The molecule has 0 aliphatic rings. The Kier molecular flexibility index (Phi) is 4.95. The van der Waals surface area contributed by atoms with Gasteiger partial charge in [-0.05, 0) is 25.8 Å². The van der Waals surface area contributed by atoms with E-state index >= 15 is 0 Å². The lowest BCUT2D eigenvalue weighted by atomic mass is 10.1. The van der Waals surface area contributed by atoms with Gasteiger partial charge in [-0.2, -0.15) is 0 Å². The summed E-state index contributed by atoms with van der Waals surface area (Å²) in [7, 11) is 0. The molecule has 3 heteroatoms. The molecule has 0 amide bonds. The van der Waals surface area contributed by atoms with Gasteiger partial charge >= 0.3 is 0 Å². The van der Waals surface area contributed by atoms with Crippen molar-refractivity contribution in [1.82, 2.24) is 0 Å². The first-order chi connectivity index (χ1) is 7.19. The summed E-state index contributed by atoms with van der Waals surface area (Å²) in [4.78, 5) is 12.8. The molecule has 1 aromatic rings. The Morgan fingerprint density at radius 2 is 2.27 bits per heavy atom. The van der Waals surface area contributed by atoms with Crippen molar-refractivity contribution in [2.45, 2.75) is 50.2 Å². The van der Waals surface area contributed by atoms with Crippen molar-refractivity contribution in [3.05, 3.63) is 18.1 Å². The topological polar surface area (TPSA) is 30.2 Å². The molecular formula is C12H18O2S. The van der Waals surface area contributed by atoms with Crippen molar-refractivity contribution in [2.24, 2.45) is 0 Å². The van der Waals surface area contributed by atoms with Crippen LogP contribution in [0.15, 0.2) is 21.6 Å². The minimum absolute atomic E-state index is 0.0845. The molecule has 1 atom stereocenters. The third kappa shape index (κ3) is 3.42. The Hall–Kier alpha value is -0.700. The summed E-state index contributed by atoms with van der Waals surface area (Å²) in [6, 6.07) is 1.93. The summed E-state index contributed by atoms with van der Waals surface area (Å²) < 4.78 is 5.22. The summed E-state index contributed by atoms with van der Waals surface area (Å²) >= 11 is 1.63. The summed E-state index contributed by atoms with van der Waals surface area (Å²) in [5, 5.41) is 0.0845. The zero-order chi connectivity index (χ0) is 11.3. The van der Waals surface area contributed by atoms with Crippen molar-refractivity contribution in [1.29, 1.82) is 0 Å². The van der Waals surface area contributed by atoms with E-state index in [1.165, 1.54) is 0 Å². The monoisotopic (exact) mass is 226 g/mol. The van der Waals surface area contributed by atoms with Gasteiger partial charge in [-0.3, -0.25) is 4.79 Å². The molecule has 15 heavy (non-hydrogen) atoms. The number of furan rings is 1. The molecule has 0 bridgehead atoms. The molecule has 1 rings (SSSR count). The quantitative estimate of drug-likeness (QED) is 0.691. The summed E-state index contributed by atoms with van der Waals surface area (Å²) in [5.74, 6) is 1.26. The van der Waals surface area contributed by atoms with Crippen LogP contribution in [0.1, 0.15) is 38.9 Å². The van der Waals surface area contributed by atoms with E-state index in [9.17, 15) is 4.79 Å². The molecule has 0 unspecified atom stereocenters. The minimum Gasteiger partial charge on any atom is -0.468 e. The van der Waals surface area contributed by atoms with Crippen LogP contribution in [-0.4, -0.2) is 11.0 Å². The smallest absolute Gasteiger partial charge is 0.146 e. The molecular weight excluding hydrogens is 208 g/mol. The molecule has 0 fully saturated rings. The van der Waals surface area contributed by atoms with Crippen molar-refractivity contribution in [2.75, 3.05) is 0 Å². The molecule has 84 valence electrons. The fraction of sp³-hybridized carbons (Fsp3) is 0.583. The normalized spacial score (nSPS) is 12.7. The van der Waals surface area contributed by atoms with E-state index in [2.05, 4.69) is 6.92 Å². The van der Waals surface area contributed by atoms with Gasteiger partial charge in [-0.15, -0.1) is 11.8 Å². The minimum atomic E-state index is 0.0845. The summed E-state index contributed by atoms with van der Waals surface area (Å²) in [5.41, 5.74) is 0. The maximum atomic E-state index is 11.8. The van der Waals surface area contributed by atoms with E-state index in [1.807, 2.05) is 19.9 Å². The summed E-state index contributed by atoms with van der Waals surface area (Å²) in [6.45, 7) is 6.03. The molecule has 0 aliphatic carbocycles. The SMILES string of the molecule is CCCC(=O)[C@H](CC)Sc1ccoc1C. The molecule has 0 saturated heterocycles. The first-order valence-electron chi connectivity index (χ1n) is 5.42. The zero-order valence-electron chi connectivity index (χ0n) is 9.58. The number of Topliss-reactive ketones (excluding diaryl/α,β-unsaturated/α-hetero) is 1. The van der Waals surface area contributed by atoms with Crippen molar-refractivity contribution in [3.63, 3.8) is 0 Å². The number of rotatable bonds is 6. The maximum Gasteiger partial charge on any atom is 0.146 e. The van der Waals surface area contributed by atoms with Gasteiger partial charge in [0.1, 0.15) is 11.5 Å². The highest BCUT2D eigenvalue weighted by atomic mass is 32.2. The average molecular weight is 226 g/mol. The lowest BCUT2D eigenvalue weighted by molar-refractivity contribution is -0.118. The highest BCUT2D eigenvalue weighted by molar-refractivity contribution is 8.00. The number of aryl methyl sites for hydroxylation is 1. The Morgan fingerprint density at radius 3 is 2.73 bits per heavy atom. The number of thioether (sulfide) groups is 1. The third-order valence-corrected chi connectivity index (χ3v) is 3.86. The second-order valence-electron chi connectivity index (χ2n) is 3.57. The van der Waals surface area contributed by atoms with Crippen molar-refractivity contribution >= 4 is 17.5 Å². The Labute approximate surface area is 95.4 Å². The van der Waals surface area contributed by atoms with Gasteiger partial charge in [0.15, 0.2) is 0 Å². The standard InChI is InChI=1S/C12H18O2S/c1-4-6-10(13)11(5-2)15-12-7-8-14-9(12)3/h7-8,11H,4-6H2,1-3H3/t11-/m0/s1. The van der Waals surface area contributed by atoms with Crippen LogP contribution in [0.3, 0.4) is 0 Å². The van der Waals surface area contributed by atoms with Gasteiger partial charge in [-0.25, -0.2) is 0 Å². The molecule has 0 aliphatic heterocycles. The Morgan fingerprint density at radius 1 is 1.53 bits per heavy atom. The van der Waals surface area contributed by atoms with Gasteiger partial charge in [0.05, 0.1) is 11.5 Å². The van der Waals surface area contributed by atoms with Gasteiger partial charge in [0.25, 0.3) is 0 Å². The van der Waals surface area contributed by atoms with Crippen molar-refractivity contribution in [3.8, 4) is 0 Å². The van der Waals surface area contributed by atoms with Gasteiger partial charge in [0, 0.05) is 11.3 Å². The number of hydrogen-bond acceptors (Lipinski definition) is 3. The molecule has 0 spiro atoms. The van der Waals surface area contributed by atoms with Crippen LogP contribution < -0.4 is 0 Å².